The molecule has 0 spiro atoms. The molecular formula is C8H9FN2O. The fraction of sp³-hybridized carbons (Fsp3) is 0.250. The van der Waals surface area contributed by atoms with Crippen LogP contribution in [0.2, 0.25) is 0 Å². The molecule has 3 nitrogen and oxygen atoms in total. The summed E-state index contributed by atoms with van der Waals surface area (Å²) in [5.74, 6) is -1.43. The Kier molecular flexibility index (Phi) is 2.38. The van der Waals surface area contributed by atoms with Gasteiger partial charge in [-0.05, 0) is 18.1 Å². The summed E-state index contributed by atoms with van der Waals surface area (Å²) in [4.78, 5) is 14.1. The molecule has 0 radical (unpaired) electrons. The zero-order valence-electron chi connectivity index (χ0n) is 6.67. The minimum Gasteiger partial charge on any atom is -0.364 e. The molecule has 12 heavy (non-hydrogen) atoms. The number of aromatic nitrogens is 1. The van der Waals surface area contributed by atoms with E-state index >= 15 is 0 Å². The number of carbonyl (C=O) groups excluding carboxylic acids is 1. The first-order valence-electron chi connectivity index (χ1n) is 3.60. The summed E-state index contributed by atoms with van der Waals surface area (Å²) in [5, 5.41) is 0. The third kappa shape index (κ3) is 1.42. The molecule has 1 aromatic rings. The highest BCUT2D eigenvalue weighted by molar-refractivity contribution is 5.91. The van der Waals surface area contributed by atoms with Gasteiger partial charge < -0.3 is 5.73 Å². The van der Waals surface area contributed by atoms with Crippen LogP contribution in [0.4, 0.5) is 4.39 Å². The number of hydrogen-bond acceptors (Lipinski definition) is 2. The monoisotopic (exact) mass is 168 g/mol. The van der Waals surface area contributed by atoms with Crippen LogP contribution in [0, 0.1) is 5.82 Å². The van der Waals surface area contributed by atoms with Gasteiger partial charge in [0.2, 0.25) is 0 Å². The van der Waals surface area contributed by atoms with Gasteiger partial charge in [-0.1, -0.05) is 6.92 Å². The lowest BCUT2D eigenvalue weighted by molar-refractivity contribution is 0.0991. The van der Waals surface area contributed by atoms with Crippen molar-refractivity contribution < 1.29 is 9.18 Å². The summed E-state index contributed by atoms with van der Waals surface area (Å²) < 4.78 is 13.2. The van der Waals surface area contributed by atoms with Gasteiger partial charge in [-0.25, -0.2) is 9.37 Å². The van der Waals surface area contributed by atoms with Crippen molar-refractivity contribution in [3.63, 3.8) is 0 Å². The molecule has 1 heterocycles. The molecule has 0 saturated carbocycles. The Balaban J connectivity index is 3.23. The highest BCUT2D eigenvalue weighted by Crippen LogP contribution is 2.09. The lowest BCUT2D eigenvalue weighted by atomic mass is 10.1. The number of halogens is 1. The number of rotatable bonds is 2. The van der Waals surface area contributed by atoms with E-state index in [2.05, 4.69) is 4.98 Å². The standard InChI is InChI=1S/C8H9FN2O/c1-2-5-3-4-11-7(6(5)9)8(10)12/h3-4H,2H2,1H3,(H2,10,12). The van der Waals surface area contributed by atoms with E-state index in [1.165, 1.54) is 12.3 Å². The average molecular weight is 168 g/mol. The van der Waals surface area contributed by atoms with Crippen LogP contribution in [0.5, 0.6) is 0 Å². The summed E-state index contributed by atoms with van der Waals surface area (Å²) in [5.41, 5.74) is 5.07. The number of aryl methyl sites for hydroxylation is 1. The molecule has 0 aromatic carbocycles. The molecule has 0 fully saturated rings. The van der Waals surface area contributed by atoms with Crippen molar-refractivity contribution in [2.24, 2.45) is 5.73 Å². The first-order valence-corrected chi connectivity index (χ1v) is 3.60. The summed E-state index contributed by atoms with van der Waals surface area (Å²) in [6.45, 7) is 1.79. The normalized spacial score (nSPS) is 9.83. The molecule has 0 unspecified atom stereocenters. The van der Waals surface area contributed by atoms with Gasteiger partial charge in [0.05, 0.1) is 0 Å². The summed E-state index contributed by atoms with van der Waals surface area (Å²) >= 11 is 0. The molecule has 0 bridgehead atoms. The molecular weight excluding hydrogens is 159 g/mol. The largest absolute Gasteiger partial charge is 0.364 e. The van der Waals surface area contributed by atoms with E-state index in [1.54, 1.807) is 6.92 Å². The first-order chi connectivity index (χ1) is 5.66. The lowest BCUT2D eigenvalue weighted by Crippen LogP contribution is -2.16. The Morgan fingerprint density at radius 3 is 2.92 bits per heavy atom. The second-order valence-corrected chi connectivity index (χ2v) is 2.35. The van der Waals surface area contributed by atoms with E-state index < -0.39 is 11.7 Å². The second kappa shape index (κ2) is 3.30. The molecule has 0 atom stereocenters. The van der Waals surface area contributed by atoms with Crippen LogP contribution in [-0.2, 0) is 6.42 Å². The second-order valence-electron chi connectivity index (χ2n) is 2.35. The van der Waals surface area contributed by atoms with Crippen molar-refractivity contribution >= 4 is 5.91 Å². The van der Waals surface area contributed by atoms with Gasteiger partial charge in [0.1, 0.15) is 0 Å². The molecule has 4 heteroatoms. The van der Waals surface area contributed by atoms with Gasteiger partial charge in [-0.3, -0.25) is 4.79 Å². The summed E-state index contributed by atoms with van der Waals surface area (Å²) in [6.07, 6.45) is 1.90. The third-order valence-corrected chi connectivity index (χ3v) is 1.58. The zero-order valence-corrected chi connectivity index (χ0v) is 6.67. The maximum absolute atomic E-state index is 13.2. The van der Waals surface area contributed by atoms with Gasteiger partial charge >= 0.3 is 0 Å². The first kappa shape index (κ1) is 8.64. The van der Waals surface area contributed by atoms with Crippen LogP contribution in [0.25, 0.3) is 0 Å². The van der Waals surface area contributed by atoms with Crippen LogP contribution in [-0.4, -0.2) is 10.9 Å². The summed E-state index contributed by atoms with van der Waals surface area (Å²) in [6, 6.07) is 1.53. The predicted molar refractivity (Wildman–Crippen MR) is 42.1 cm³/mol. The van der Waals surface area contributed by atoms with Crippen molar-refractivity contribution in [3.8, 4) is 0 Å². The van der Waals surface area contributed by atoms with Crippen molar-refractivity contribution in [2.45, 2.75) is 13.3 Å². The van der Waals surface area contributed by atoms with Gasteiger partial charge in [-0.15, -0.1) is 0 Å². The highest BCUT2D eigenvalue weighted by atomic mass is 19.1. The molecule has 0 aliphatic carbocycles. The van der Waals surface area contributed by atoms with E-state index in [9.17, 15) is 9.18 Å². The number of nitrogens with two attached hydrogens (primary N) is 1. The number of pyridine rings is 1. The lowest BCUT2D eigenvalue weighted by Gasteiger charge is -2.01. The quantitative estimate of drug-likeness (QED) is 0.712. The predicted octanol–water partition coefficient (Wildman–Crippen LogP) is 0.882. The molecule has 1 aromatic heterocycles. The highest BCUT2D eigenvalue weighted by Gasteiger charge is 2.11. The SMILES string of the molecule is CCc1ccnc(C(N)=O)c1F. The van der Waals surface area contributed by atoms with E-state index in [4.69, 9.17) is 5.73 Å². The maximum atomic E-state index is 13.2. The van der Waals surface area contributed by atoms with Crippen LogP contribution < -0.4 is 5.73 Å². The number of nitrogens with zero attached hydrogens (tertiary/aromatic N) is 1. The van der Waals surface area contributed by atoms with Crippen LogP contribution >= 0.6 is 0 Å². The zero-order chi connectivity index (χ0) is 9.14. The number of primary amides is 1. The van der Waals surface area contributed by atoms with Gasteiger partial charge in [0.25, 0.3) is 5.91 Å². The third-order valence-electron chi connectivity index (χ3n) is 1.58. The molecule has 0 aliphatic heterocycles. The Morgan fingerprint density at radius 2 is 2.42 bits per heavy atom. The average Bonchev–Trinajstić information content (AvgIpc) is 2.04. The summed E-state index contributed by atoms with van der Waals surface area (Å²) in [7, 11) is 0. The van der Waals surface area contributed by atoms with E-state index in [-0.39, 0.29) is 5.69 Å². The Morgan fingerprint density at radius 1 is 1.75 bits per heavy atom. The van der Waals surface area contributed by atoms with E-state index in [0.717, 1.165) is 0 Å². The fourth-order valence-corrected chi connectivity index (χ4v) is 0.929. The minimum absolute atomic E-state index is 0.283. The Labute approximate surface area is 69.4 Å². The molecule has 64 valence electrons. The van der Waals surface area contributed by atoms with Gasteiger partial charge in [-0.2, -0.15) is 0 Å². The van der Waals surface area contributed by atoms with Crippen molar-refractivity contribution in [3.05, 3.63) is 29.3 Å². The van der Waals surface area contributed by atoms with E-state index in [1.807, 2.05) is 0 Å². The Bertz CT molecular complexity index is 312. The van der Waals surface area contributed by atoms with Crippen LogP contribution in [0.15, 0.2) is 12.3 Å². The van der Waals surface area contributed by atoms with Crippen LogP contribution in [0.1, 0.15) is 23.0 Å². The smallest absolute Gasteiger partial charge is 0.270 e. The minimum atomic E-state index is -0.831. The van der Waals surface area contributed by atoms with Crippen molar-refractivity contribution in [1.82, 2.24) is 4.98 Å². The number of amides is 1. The van der Waals surface area contributed by atoms with Crippen molar-refractivity contribution in [1.29, 1.82) is 0 Å². The maximum Gasteiger partial charge on any atom is 0.270 e. The fourth-order valence-electron chi connectivity index (χ4n) is 0.929. The van der Waals surface area contributed by atoms with E-state index in [0.29, 0.717) is 12.0 Å². The number of carbonyl (C=O) groups is 1. The molecule has 1 rings (SSSR count). The van der Waals surface area contributed by atoms with Crippen molar-refractivity contribution in [2.75, 3.05) is 0 Å². The van der Waals surface area contributed by atoms with Gasteiger partial charge in [0, 0.05) is 6.20 Å². The topological polar surface area (TPSA) is 56.0 Å². The van der Waals surface area contributed by atoms with Crippen LogP contribution in [0.3, 0.4) is 0 Å². The molecule has 0 aliphatic rings. The molecule has 1 amide bonds. The molecule has 0 saturated heterocycles. The molecule has 2 N–H and O–H groups in total. The number of hydrogen-bond donors (Lipinski definition) is 1. The Hall–Kier alpha value is -1.45. The van der Waals surface area contributed by atoms with Gasteiger partial charge in [0.15, 0.2) is 11.5 Å².